The van der Waals surface area contributed by atoms with Crippen LogP contribution in [0.4, 0.5) is 0 Å². The lowest BCUT2D eigenvalue weighted by atomic mass is 10.2. The molecule has 0 aromatic carbocycles. The molecule has 1 unspecified atom stereocenters. The summed E-state index contributed by atoms with van der Waals surface area (Å²) in [6, 6.07) is 5.81. The Morgan fingerprint density at radius 2 is 2.16 bits per heavy atom. The molecular weight excluding hydrogens is 242 g/mol. The van der Waals surface area contributed by atoms with Gasteiger partial charge in [-0.1, -0.05) is 11.2 Å². The summed E-state index contributed by atoms with van der Waals surface area (Å²) in [6.07, 6.45) is 1.72. The Balaban J connectivity index is 1.77. The number of aromatic nitrogens is 3. The lowest BCUT2D eigenvalue weighted by Crippen LogP contribution is -2.44. The molecule has 2 aromatic rings. The second kappa shape index (κ2) is 5.46. The van der Waals surface area contributed by atoms with Crippen molar-refractivity contribution in [3.05, 3.63) is 30.2 Å². The quantitative estimate of drug-likeness (QED) is 0.890. The van der Waals surface area contributed by atoms with Crippen molar-refractivity contribution in [1.29, 1.82) is 0 Å². The molecule has 1 aliphatic heterocycles. The molecule has 0 saturated carbocycles. The minimum atomic E-state index is 0.170. The van der Waals surface area contributed by atoms with Crippen LogP contribution in [0.3, 0.4) is 0 Å². The van der Waals surface area contributed by atoms with Crippen molar-refractivity contribution in [2.75, 3.05) is 26.2 Å². The van der Waals surface area contributed by atoms with Gasteiger partial charge >= 0.3 is 0 Å². The lowest BCUT2D eigenvalue weighted by molar-refractivity contribution is 0.176. The highest BCUT2D eigenvalue weighted by Gasteiger charge is 2.22. The van der Waals surface area contributed by atoms with Crippen molar-refractivity contribution in [2.45, 2.75) is 13.0 Å². The normalized spacial score (nSPS) is 18.4. The zero-order valence-electron chi connectivity index (χ0n) is 10.9. The summed E-state index contributed by atoms with van der Waals surface area (Å²) >= 11 is 0. The van der Waals surface area contributed by atoms with E-state index in [1.807, 2.05) is 18.2 Å². The smallest absolute Gasteiger partial charge is 0.276 e. The maximum atomic E-state index is 5.30. The van der Waals surface area contributed by atoms with E-state index in [1.165, 1.54) is 0 Å². The average molecular weight is 259 g/mol. The highest BCUT2D eigenvalue weighted by Crippen LogP contribution is 2.21. The van der Waals surface area contributed by atoms with Gasteiger partial charge < -0.3 is 9.84 Å². The highest BCUT2D eigenvalue weighted by molar-refractivity contribution is 5.45. The fourth-order valence-electron chi connectivity index (χ4n) is 2.23. The molecule has 0 aliphatic carbocycles. The van der Waals surface area contributed by atoms with Crippen molar-refractivity contribution < 1.29 is 4.52 Å². The van der Waals surface area contributed by atoms with Crippen LogP contribution in [-0.2, 0) is 0 Å². The van der Waals surface area contributed by atoms with E-state index in [9.17, 15) is 0 Å². The van der Waals surface area contributed by atoms with Gasteiger partial charge in [-0.25, -0.2) is 0 Å². The van der Waals surface area contributed by atoms with Gasteiger partial charge in [0, 0.05) is 32.4 Å². The van der Waals surface area contributed by atoms with E-state index < -0.39 is 0 Å². The molecule has 0 amide bonds. The van der Waals surface area contributed by atoms with Gasteiger partial charge in [-0.05, 0) is 19.1 Å². The van der Waals surface area contributed by atoms with E-state index in [0.29, 0.717) is 11.6 Å². The third-order valence-corrected chi connectivity index (χ3v) is 3.40. The third kappa shape index (κ3) is 2.64. The Hall–Kier alpha value is -1.79. The maximum Gasteiger partial charge on any atom is 0.276 e. The van der Waals surface area contributed by atoms with Crippen molar-refractivity contribution in [3.63, 3.8) is 0 Å². The van der Waals surface area contributed by atoms with Crippen molar-refractivity contribution >= 4 is 0 Å². The van der Waals surface area contributed by atoms with Gasteiger partial charge in [-0.15, -0.1) is 0 Å². The first-order chi connectivity index (χ1) is 9.34. The summed E-state index contributed by atoms with van der Waals surface area (Å²) in [4.78, 5) is 11.0. The van der Waals surface area contributed by atoms with E-state index in [2.05, 4.69) is 32.3 Å². The predicted octanol–water partition coefficient (Wildman–Crippen LogP) is 1.10. The van der Waals surface area contributed by atoms with Crippen LogP contribution in [0.5, 0.6) is 0 Å². The minimum Gasteiger partial charge on any atom is -0.332 e. The maximum absolute atomic E-state index is 5.30. The first kappa shape index (κ1) is 12.3. The van der Waals surface area contributed by atoms with Crippen LogP contribution in [0.1, 0.15) is 18.8 Å². The molecule has 2 aromatic heterocycles. The summed E-state index contributed by atoms with van der Waals surface area (Å²) in [5.41, 5.74) is 0.716. The van der Waals surface area contributed by atoms with Crippen LogP contribution in [0.2, 0.25) is 0 Å². The molecule has 1 atom stereocenters. The van der Waals surface area contributed by atoms with E-state index in [-0.39, 0.29) is 6.04 Å². The Morgan fingerprint density at radius 1 is 1.32 bits per heavy atom. The average Bonchev–Trinajstić information content (AvgIpc) is 2.98. The molecule has 100 valence electrons. The minimum absolute atomic E-state index is 0.170. The summed E-state index contributed by atoms with van der Waals surface area (Å²) < 4.78 is 5.30. The molecule has 6 nitrogen and oxygen atoms in total. The Morgan fingerprint density at radius 3 is 2.89 bits per heavy atom. The SMILES string of the molecule is CC(c1noc(-c2ccccn2)n1)N1CCNCC1. The van der Waals surface area contributed by atoms with Gasteiger partial charge in [-0.3, -0.25) is 9.88 Å². The predicted molar refractivity (Wildman–Crippen MR) is 70.4 cm³/mol. The molecule has 0 bridgehead atoms. The Labute approximate surface area is 111 Å². The molecule has 19 heavy (non-hydrogen) atoms. The van der Waals surface area contributed by atoms with Gasteiger partial charge in [-0.2, -0.15) is 4.98 Å². The largest absolute Gasteiger partial charge is 0.332 e. The number of rotatable bonds is 3. The molecule has 1 fully saturated rings. The summed E-state index contributed by atoms with van der Waals surface area (Å²) in [5.74, 6) is 1.21. The van der Waals surface area contributed by atoms with E-state index in [1.54, 1.807) is 6.20 Å². The summed E-state index contributed by atoms with van der Waals surface area (Å²) in [7, 11) is 0. The number of pyridine rings is 1. The van der Waals surface area contributed by atoms with Crippen molar-refractivity contribution in [1.82, 2.24) is 25.3 Å². The standard InChI is InChI=1S/C13H17N5O/c1-10(18-8-6-14-7-9-18)12-16-13(19-17-12)11-4-2-3-5-15-11/h2-5,10,14H,6-9H2,1H3. The highest BCUT2D eigenvalue weighted by atomic mass is 16.5. The van der Waals surface area contributed by atoms with Gasteiger partial charge in [0.2, 0.25) is 0 Å². The third-order valence-electron chi connectivity index (χ3n) is 3.40. The monoisotopic (exact) mass is 259 g/mol. The number of piperazine rings is 1. The van der Waals surface area contributed by atoms with Gasteiger partial charge in [0.15, 0.2) is 5.82 Å². The van der Waals surface area contributed by atoms with E-state index in [4.69, 9.17) is 4.52 Å². The second-order valence-corrected chi connectivity index (χ2v) is 4.63. The Kier molecular flexibility index (Phi) is 3.52. The number of hydrogen-bond donors (Lipinski definition) is 1. The number of nitrogens with zero attached hydrogens (tertiary/aromatic N) is 4. The molecule has 1 saturated heterocycles. The fourth-order valence-corrected chi connectivity index (χ4v) is 2.23. The zero-order chi connectivity index (χ0) is 13.1. The topological polar surface area (TPSA) is 67.1 Å². The molecule has 0 radical (unpaired) electrons. The van der Waals surface area contributed by atoms with Crippen molar-refractivity contribution in [3.8, 4) is 11.6 Å². The first-order valence-corrected chi connectivity index (χ1v) is 6.54. The number of nitrogens with one attached hydrogen (secondary N) is 1. The van der Waals surface area contributed by atoms with Crippen LogP contribution in [0.15, 0.2) is 28.9 Å². The van der Waals surface area contributed by atoms with Crippen LogP contribution in [-0.4, -0.2) is 46.2 Å². The lowest BCUT2D eigenvalue weighted by Gasteiger charge is -2.30. The zero-order valence-corrected chi connectivity index (χ0v) is 10.9. The summed E-state index contributed by atoms with van der Waals surface area (Å²) in [6.45, 7) is 6.15. The summed E-state index contributed by atoms with van der Waals surface area (Å²) in [5, 5.41) is 7.42. The first-order valence-electron chi connectivity index (χ1n) is 6.54. The van der Waals surface area contributed by atoms with Crippen LogP contribution < -0.4 is 5.32 Å². The molecule has 0 spiro atoms. The number of hydrogen-bond acceptors (Lipinski definition) is 6. The molecule has 1 aliphatic rings. The molecular formula is C13H17N5O. The van der Waals surface area contributed by atoms with Gasteiger partial charge in [0.1, 0.15) is 5.69 Å². The van der Waals surface area contributed by atoms with E-state index >= 15 is 0 Å². The van der Waals surface area contributed by atoms with Gasteiger partial charge in [0.05, 0.1) is 6.04 Å². The van der Waals surface area contributed by atoms with Crippen LogP contribution in [0.25, 0.3) is 11.6 Å². The second-order valence-electron chi connectivity index (χ2n) is 4.63. The molecule has 6 heteroatoms. The van der Waals surface area contributed by atoms with Gasteiger partial charge in [0.25, 0.3) is 5.89 Å². The van der Waals surface area contributed by atoms with Crippen LogP contribution in [0, 0.1) is 0 Å². The van der Waals surface area contributed by atoms with Crippen LogP contribution >= 0.6 is 0 Å². The fraction of sp³-hybridized carbons (Fsp3) is 0.462. The molecule has 3 rings (SSSR count). The molecule has 1 N–H and O–H groups in total. The van der Waals surface area contributed by atoms with Crippen molar-refractivity contribution in [2.24, 2.45) is 0 Å². The van der Waals surface area contributed by atoms with E-state index in [0.717, 1.165) is 32.0 Å². The Bertz CT molecular complexity index is 521. The molecule has 3 heterocycles.